The van der Waals surface area contributed by atoms with E-state index in [-0.39, 0.29) is 12.5 Å². The molecule has 3 aromatic carbocycles. The van der Waals surface area contributed by atoms with Gasteiger partial charge in [-0.3, -0.25) is 4.79 Å². The lowest BCUT2D eigenvalue weighted by Gasteiger charge is -2.09. The van der Waals surface area contributed by atoms with Gasteiger partial charge in [0, 0.05) is 34.2 Å². The summed E-state index contributed by atoms with van der Waals surface area (Å²) in [4.78, 5) is 12.2. The summed E-state index contributed by atoms with van der Waals surface area (Å²) in [5.74, 6) is 0.270. The summed E-state index contributed by atoms with van der Waals surface area (Å²) in [6.45, 7) is 4.44. The van der Waals surface area contributed by atoms with Crippen molar-refractivity contribution in [1.29, 1.82) is 0 Å². The van der Waals surface area contributed by atoms with Crippen LogP contribution in [-0.4, -0.2) is 23.3 Å². The molecule has 4 rings (SSSR count). The van der Waals surface area contributed by atoms with Crippen LogP contribution >= 0.6 is 11.6 Å². The van der Waals surface area contributed by atoms with E-state index < -0.39 is 0 Å². The van der Waals surface area contributed by atoms with Crippen LogP contribution < -0.4 is 10.2 Å². The molecule has 0 aliphatic carbocycles. The highest BCUT2D eigenvalue weighted by molar-refractivity contribution is 6.32. The number of aromatic nitrogens is 1. The molecule has 162 valence electrons. The second-order valence-corrected chi connectivity index (χ2v) is 8.05. The number of rotatable bonds is 7. The van der Waals surface area contributed by atoms with Crippen LogP contribution in [0.5, 0.6) is 5.75 Å². The fourth-order valence-corrected chi connectivity index (χ4v) is 3.74. The van der Waals surface area contributed by atoms with E-state index in [0.29, 0.717) is 10.8 Å². The van der Waals surface area contributed by atoms with Gasteiger partial charge in [0.15, 0.2) is 6.61 Å². The summed E-state index contributed by atoms with van der Waals surface area (Å²) in [6.07, 6.45) is 3.71. The second-order valence-electron chi connectivity index (χ2n) is 7.67. The van der Waals surface area contributed by atoms with Crippen molar-refractivity contribution >= 4 is 34.6 Å². The molecule has 6 heteroatoms. The van der Waals surface area contributed by atoms with Gasteiger partial charge in [-0.2, -0.15) is 5.10 Å². The SMILES string of the molecule is Cc1cc(OCC(=O)N/N=C\c2cn(Cc3ccccc3)c3ccccc23)cc(C)c1Cl. The third kappa shape index (κ3) is 5.01. The zero-order chi connectivity index (χ0) is 22.5. The van der Waals surface area contributed by atoms with E-state index in [4.69, 9.17) is 16.3 Å². The molecule has 4 aromatic rings. The molecule has 0 aliphatic rings. The van der Waals surface area contributed by atoms with Gasteiger partial charge in [-0.05, 0) is 48.7 Å². The fourth-order valence-electron chi connectivity index (χ4n) is 3.63. The van der Waals surface area contributed by atoms with Gasteiger partial charge in [-0.15, -0.1) is 0 Å². The maximum absolute atomic E-state index is 12.2. The Bertz CT molecular complexity index is 1260. The summed E-state index contributed by atoms with van der Waals surface area (Å²) in [7, 11) is 0. The van der Waals surface area contributed by atoms with Gasteiger partial charge in [0.05, 0.1) is 6.21 Å². The molecular formula is C26H24ClN3O2. The summed E-state index contributed by atoms with van der Waals surface area (Å²) < 4.78 is 7.76. The number of benzene rings is 3. The van der Waals surface area contributed by atoms with Gasteiger partial charge < -0.3 is 9.30 Å². The molecule has 0 aliphatic heterocycles. The van der Waals surface area contributed by atoms with E-state index in [0.717, 1.165) is 34.1 Å². The van der Waals surface area contributed by atoms with Gasteiger partial charge in [-0.1, -0.05) is 60.1 Å². The molecule has 0 saturated heterocycles. The van der Waals surface area contributed by atoms with Crippen LogP contribution in [0, 0.1) is 13.8 Å². The minimum absolute atomic E-state index is 0.131. The molecule has 0 saturated carbocycles. The number of hydrazone groups is 1. The van der Waals surface area contributed by atoms with Gasteiger partial charge in [0.1, 0.15) is 5.75 Å². The number of amides is 1. The van der Waals surface area contributed by atoms with Crippen molar-refractivity contribution in [3.05, 3.63) is 100 Å². The smallest absolute Gasteiger partial charge is 0.277 e. The predicted molar refractivity (Wildman–Crippen MR) is 130 cm³/mol. The second kappa shape index (κ2) is 9.71. The van der Waals surface area contributed by atoms with Crippen molar-refractivity contribution in [1.82, 2.24) is 9.99 Å². The maximum atomic E-state index is 12.2. The standard InChI is InChI=1S/C26H24ClN3O2/c1-18-12-22(13-19(2)26(18)27)32-17-25(31)29-28-14-21-16-30(15-20-8-4-3-5-9-20)24-11-7-6-10-23(21)24/h3-14,16H,15,17H2,1-2H3,(H,29,31)/b28-14-. The van der Waals surface area contributed by atoms with E-state index in [2.05, 4.69) is 33.3 Å². The summed E-state index contributed by atoms with van der Waals surface area (Å²) in [6, 6.07) is 22.1. The van der Waals surface area contributed by atoms with E-state index in [1.54, 1.807) is 6.21 Å². The number of carbonyl (C=O) groups is 1. The number of ether oxygens (including phenoxy) is 1. The van der Waals surface area contributed by atoms with Crippen molar-refractivity contribution in [2.75, 3.05) is 6.61 Å². The van der Waals surface area contributed by atoms with Crippen LogP contribution in [0.3, 0.4) is 0 Å². The first kappa shape index (κ1) is 21.7. The van der Waals surface area contributed by atoms with E-state index in [1.165, 1.54) is 5.56 Å². The number of hydrogen-bond donors (Lipinski definition) is 1. The first-order valence-corrected chi connectivity index (χ1v) is 10.7. The van der Waals surface area contributed by atoms with Crippen molar-refractivity contribution in [2.24, 2.45) is 5.10 Å². The topological polar surface area (TPSA) is 55.6 Å². The van der Waals surface area contributed by atoms with E-state index in [1.807, 2.05) is 68.6 Å². The predicted octanol–water partition coefficient (Wildman–Crippen LogP) is 5.49. The van der Waals surface area contributed by atoms with Crippen LogP contribution in [0.25, 0.3) is 10.9 Å². The first-order chi connectivity index (χ1) is 15.5. The molecule has 0 atom stereocenters. The van der Waals surface area contributed by atoms with Gasteiger partial charge in [-0.25, -0.2) is 5.43 Å². The van der Waals surface area contributed by atoms with Gasteiger partial charge in [0.2, 0.25) is 0 Å². The molecule has 1 heterocycles. The van der Waals surface area contributed by atoms with Crippen LogP contribution in [0.2, 0.25) is 5.02 Å². The number of fused-ring (bicyclic) bond motifs is 1. The maximum Gasteiger partial charge on any atom is 0.277 e. The molecule has 1 aromatic heterocycles. The monoisotopic (exact) mass is 445 g/mol. The van der Waals surface area contributed by atoms with Crippen molar-refractivity contribution < 1.29 is 9.53 Å². The molecule has 1 amide bonds. The number of aryl methyl sites for hydroxylation is 2. The minimum Gasteiger partial charge on any atom is -0.484 e. The Morgan fingerprint density at radius 3 is 2.50 bits per heavy atom. The third-order valence-electron chi connectivity index (χ3n) is 5.19. The number of para-hydroxylation sites is 1. The molecule has 1 N–H and O–H groups in total. The van der Waals surface area contributed by atoms with E-state index in [9.17, 15) is 4.79 Å². The van der Waals surface area contributed by atoms with E-state index >= 15 is 0 Å². The largest absolute Gasteiger partial charge is 0.484 e. The van der Waals surface area contributed by atoms with Crippen LogP contribution in [0.15, 0.2) is 78.0 Å². The molecule has 0 fully saturated rings. The third-order valence-corrected chi connectivity index (χ3v) is 5.78. The first-order valence-electron chi connectivity index (χ1n) is 10.3. The van der Waals surface area contributed by atoms with Crippen LogP contribution in [0.1, 0.15) is 22.3 Å². The Labute approximate surface area is 192 Å². The van der Waals surface area contributed by atoms with Gasteiger partial charge >= 0.3 is 0 Å². The molecule has 0 unspecified atom stereocenters. The molecular weight excluding hydrogens is 422 g/mol. The quantitative estimate of drug-likeness (QED) is 0.302. The average molecular weight is 446 g/mol. The Morgan fingerprint density at radius 2 is 1.75 bits per heavy atom. The normalized spacial score (nSPS) is 11.2. The lowest BCUT2D eigenvalue weighted by molar-refractivity contribution is -0.123. The summed E-state index contributed by atoms with van der Waals surface area (Å²) in [5, 5.41) is 5.91. The Hall–Kier alpha value is -3.57. The highest BCUT2D eigenvalue weighted by atomic mass is 35.5. The zero-order valence-corrected chi connectivity index (χ0v) is 18.8. The lowest BCUT2D eigenvalue weighted by Crippen LogP contribution is -2.24. The van der Waals surface area contributed by atoms with Crippen LogP contribution in [-0.2, 0) is 11.3 Å². The highest BCUT2D eigenvalue weighted by Crippen LogP contribution is 2.26. The average Bonchev–Trinajstić information content (AvgIpc) is 3.14. The van der Waals surface area contributed by atoms with Crippen LogP contribution in [0.4, 0.5) is 0 Å². The van der Waals surface area contributed by atoms with Crippen molar-refractivity contribution in [3.63, 3.8) is 0 Å². The number of halogens is 1. The van der Waals surface area contributed by atoms with Gasteiger partial charge in [0.25, 0.3) is 5.91 Å². The molecule has 5 nitrogen and oxygen atoms in total. The number of hydrogen-bond acceptors (Lipinski definition) is 3. The number of nitrogens with one attached hydrogen (secondary N) is 1. The number of carbonyl (C=O) groups excluding carboxylic acids is 1. The fraction of sp³-hybridized carbons (Fsp3) is 0.154. The van der Waals surface area contributed by atoms with Crippen molar-refractivity contribution in [3.8, 4) is 5.75 Å². The molecule has 0 bridgehead atoms. The molecule has 0 radical (unpaired) electrons. The minimum atomic E-state index is -0.334. The zero-order valence-electron chi connectivity index (χ0n) is 18.0. The lowest BCUT2D eigenvalue weighted by atomic mass is 10.1. The highest BCUT2D eigenvalue weighted by Gasteiger charge is 2.08. The Balaban J connectivity index is 1.42. The molecule has 32 heavy (non-hydrogen) atoms. The molecule has 0 spiro atoms. The van der Waals surface area contributed by atoms with Crippen molar-refractivity contribution in [2.45, 2.75) is 20.4 Å². The Kier molecular flexibility index (Phi) is 6.57. The summed E-state index contributed by atoms with van der Waals surface area (Å²) in [5.41, 5.74) is 7.62. The summed E-state index contributed by atoms with van der Waals surface area (Å²) >= 11 is 6.17. The number of nitrogens with zero attached hydrogens (tertiary/aromatic N) is 2. The Morgan fingerprint density at radius 1 is 1.06 bits per heavy atom.